The van der Waals surface area contributed by atoms with E-state index in [4.69, 9.17) is 14.2 Å². The zero-order valence-electron chi connectivity index (χ0n) is 48.1. The summed E-state index contributed by atoms with van der Waals surface area (Å²) in [6.45, 7) is 18.6. The molecule has 0 bridgehead atoms. The molecular weight excluding hydrogens is 987 g/mol. The first-order valence-electron chi connectivity index (χ1n) is 28.7. The van der Waals surface area contributed by atoms with Crippen LogP contribution in [0.1, 0.15) is 239 Å². The molecule has 0 unspecified atom stereocenters. The van der Waals surface area contributed by atoms with Gasteiger partial charge >= 0.3 is 17.9 Å². The first-order chi connectivity index (χ1) is 36.8. The SMILES string of the molecule is CCCCCCCCCCCCN1C(=O)c2ccc3c4ccc5c6c(ccc(c7ccc(c2c37)C1=O)c64)C(=O)N(CCCCCC(=O)NC(CCC(=O)OC(C)(C)C)(CCC(=O)OC(C)(C)C)CCC(=O)OC(C)(C)C)C5=O. The number of fused-ring (bicyclic) bond motifs is 2. The van der Waals surface area contributed by atoms with E-state index in [1.807, 2.05) is 36.4 Å². The molecular formula is C64H83N3O11. The summed E-state index contributed by atoms with van der Waals surface area (Å²) in [7, 11) is 0. The second-order valence-electron chi connectivity index (χ2n) is 24.7. The highest BCUT2D eigenvalue weighted by Gasteiger charge is 2.38. The quantitative estimate of drug-likeness (QED) is 0.0132. The van der Waals surface area contributed by atoms with Crippen molar-refractivity contribution in [1.82, 2.24) is 15.1 Å². The van der Waals surface area contributed by atoms with Gasteiger partial charge in [-0.3, -0.25) is 48.2 Å². The van der Waals surface area contributed by atoms with Gasteiger partial charge in [-0.2, -0.15) is 0 Å². The van der Waals surface area contributed by atoms with Crippen LogP contribution < -0.4 is 5.32 Å². The molecule has 0 aliphatic carbocycles. The Kier molecular flexibility index (Phi) is 18.8. The Morgan fingerprint density at radius 3 is 1.00 bits per heavy atom. The highest BCUT2D eigenvalue weighted by atomic mass is 16.6. The van der Waals surface area contributed by atoms with Crippen molar-refractivity contribution in [3.8, 4) is 0 Å². The lowest BCUT2D eigenvalue weighted by Gasteiger charge is -2.36. The van der Waals surface area contributed by atoms with Crippen molar-refractivity contribution in [3.63, 3.8) is 0 Å². The topological polar surface area (TPSA) is 183 Å². The first kappa shape index (κ1) is 59.2. The number of imide groups is 2. The van der Waals surface area contributed by atoms with Crippen molar-refractivity contribution in [3.05, 3.63) is 70.8 Å². The molecule has 0 saturated carbocycles. The molecule has 7 rings (SSSR count). The second-order valence-corrected chi connectivity index (χ2v) is 24.7. The number of rotatable bonds is 27. The molecule has 0 spiro atoms. The number of hydrogen-bond donors (Lipinski definition) is 1. The summed E-state index contributed by atoms with van der Waals surface area (Å²) in [5.74, 6) is -3.17. The van der Waals surface area contributed by atoms with Crippen LogP contribution in [0.2, 0.25) is 0 Å². The Bertz CT molecular complexity index is 2880. The van der Waals surface area contributed by atoms with Crippen LogP contribution in [-0.2, 0) is 33.4 Å². The fourth-order valence-electron chi connectivity index (χ4n) is 11.4. The molecule has 14 heteroatoms. The Hall–Kier alpha value is -6.44. The van der Waals surface area contributed by atoms with Crippen LogP contribution >= 0.6 is 0 Å². The number of nitrogens with zero attached hydrogens (tertiary/aromatic N) is 2. The molecule has 2 aliphatic heterocycles. The molecule has 0 aromatic heterocycles. The maximum Gasteiger partial charge on any atom is 0.306 e. The number of carbonyl (C=O) groups excluding carboxylic acids is 8. The monoisotopic (exact) mass is 1070 g/mol. The fourth-order valence-corrected chi connectivity index (χ4v) is 11.4. The van der Waals surface area contributed by atoms with Crippen LogP contribution in [0, 0.1) is 0 Å². The molecule has 78 heavy (non-hydrogen) atoms. The Labute approximate surface area is 460 Å². The largest absolute Gasteiger partial charge is 0.460 e. The Balaban J connectivity index is 1.02. The van der Waals surface area contributed by atoms with Crippen molar-refractivity contribution < 1.29 is 52.6 Å². The average Bonchev–Trinajstić information content (AvgIpc) is 2.83. The lowest BCUT2D eigenvalue weighted by molar-refractivity contribution is -0.155. The summed E-state index contributed by atoms with van der Waals surface area (Å²) >= 11 is 0. The van der Waals surface area contributed by atoms with E-state index >= 15 is 0 Å². The van der Waals surface area contributed by atoms with Gasteiger partial charge in [0.25, 0.3) is 23.6 Å². The van der Waals surface area contributed by atoms with Crippen LogP contribution in [0.4, 0.5) is 0 Å². The minimum Gasteiger partial charge on any atom is -0.460 e. The van der Waals surface area contributed by atoms with Gasteiger partial charge in [-0.1, -0.05) is 95.4 Å². The van der Waals surface area contributed by atoms with Crippen LogP contribution in [-0.4, -0.2) is 92.7 Å². The summed E-state index contributed by atoms with van der Waals surface area (Å²) in [6.07, 6.45) is 13.0. The molecule has 0 fully saturated rings. The van der Waals surface area contributed by atoms with Crippen molar-refractivity contribution >= 4 is 90.5 Å². The summed E-state index contributed by atoms with van der Waals surface area (Å²) in [4.78, 5) is 113. The number of esters is 3. The molecule has 0 saturated heterocycles. The van der Waals surface area contributed by atoms with Crippen LogP contribution in [0.5, 0.6) is 0 Å². The number of hydrogen-bond acceptors (Lipinski definition) is 11. The average molecular weight is 1070 g/mol. The zero-order chi connectivity index (χ0) is 56.7. The summed E-state index contributed by atoms with van der Waals surface area (Å²) < 4.78 is 16.8. The first-order valence-corrected chi connectivity index (χ1v) is 28.7. The van der Waals surface area contributed by atoms with Crippen molar-refractivity contribution in [1.29, 1.82) is 0 Å². The van der Waals surface area contributed by atoms with E-state index in [2.05, 4.69) is 12.2 Å². The van der Waals surface area contributed by atoms with Crippen molar-refractivity contribution in [2.75, 3.05) is 13.1 Å². The van der Waals surface area contributed by atoms with Gasteiger partial charge in [-0.25, -0.2) is 0 Å². The highest BCUT2D eigenvalue weighted by Crippen LogP contribution is 2.46. The number of unbranched alkanes of at least 4 members (excludes halogenated alkanes) is 11. The molecule has 5 aromatic rings. The number of carbonyl (C=O) groups is 8. The maximum atomic E-state index is 14.4. The van der Waals surface area contributed by atoms with Gasteiger partial charge in [-0.15, -0.1) is 0 Å². The lowest BCUT2D eigenvalue weighted by Crippen LogP contribution is -2.50. The van der Waals surface area contributed by atoms with E-state index in [-0.39, 0.29) is 69.2 Å². The third-order valence-electron chi connectivity index (χ3n) is 14.9. The molecule has 2 heterocycles. The highest BCUT2D eigenvalue weighted by molar-refractivity contribution is 6.41. The molecule has 0 atom stereocenters. The van der Waals surface area contributed by atoms with Crippen molar-refractivity contribution in [2.24, 2.45) is 0 Å². The smallest absolute Gasteiger partial charge is 0.306 e. The van der Waals surface area contributed by atoms with E-state index in [1.165, 1.54) is 54.7 Å². The van der Waals surface area contributed by atoms with E-state index in [1.54, 1.807) is 74.4 Å². The molecule has 2 aliphatic rings. The lowest BCUT2D eigenvalue weighted by atomic mass is 9.82. The standard InChI is InChI=1S/C64H83N3O11/c1-11-12-13-14-15-16-17-18-19-22-39-66-57(72)45-29-25-41-43-27-31-47-56-48(32-28-44(54(43)56)42-26-30-46(58(66)73)55(45)53(41)42)60(75)67(59(47)74)40-23-20-21-24-49(68)65-64(36-33-50(69)76-61(2,3)4,37-34-51(70)77-62(5,6)7)38-35-52(71)78-63(8,9)10/h25-32H,11-24,33-40H2,1-10H3,(H,65,68). The van der Waals surface area contributed by atoms with E-state index in [9.17, 15) is 38.4 Å². The number of amides is 5. The maximum absolute atomic E-state index is 14.4. The predicted octanol–water partition coefficient (Wildman–Crippen LogP) is 13.6. The molecule has 14 nitrogen and oxygen atoms in total. The van der Waals surface area contributed by atoms with Gasteiger partial charge in [-0.05, 0) is 157 Å². The summed E-state index contributed by atoms with van der Waals surface area (Å²) in [6, 6.07) is 14.8. The van der Waals surface area contributed by atoms with Gasteiger partial charge < -0.3 is 19.5 Å². The number of nitrogens with one attached hydrogen (secondary N) is 1. The number of benzene rings is 5. The molecule has 1 N–H and O–H groups in total. The normalized spacial score (nSPS) is 14.1. The van der Waals surface area contributed by atoms with Gasteiger partial charge in [0.1, 0.15) is 16.8 Å². The van der Waals surface area contributed by atoms with E-state index in [0.29, 0.717) is 58.8 Å². The van der Waals surface area contributed by atoms with Crippen LogP contribution in [0.25, 0.3) is 43.1 Å². The van der Waals surface area contributed by atoms with Crippen LogP contribution in [0.3, 0.4) is 0 Å². The van der Waals surface area contributed by atoms with E-state index < -0.39 is 52.1 Å². The molecule has 5 amide bonds. The van der Waals surface area contributed by atoms with Gasteiger partial charge in [0.05, 0.1) is 0 Å². The molecule has 5 aromatic carbocycles. The molecule has 420 valence electrons. The van der Waals surface area contributed by atoms with Crippen molar-refractivity contribution in [2.45, 2.75) is 220 Å². The van der Waals surface area contributed by atoms with E-state index in [0.717, 1.165) is 51.6 Å². The molecule has 0 radical (unpaired) electrons. The third-order valence-corrected chi connectivity index (χ3v) is 14.9. The van der Waals surface area contributed by atoms with Gasteiger partial charge in [0.15, 0.2) is 0 Å². The third kappa shape index (κ3) is 14.2. The minimum atomic E-state index is -1.16. The van der Waals surface area contributed by atoms with Gasteiger partial charge in [0.2, 0.25) is 5.91 Å². The minimum absolute atomic E-state index is 0.0693. The predicted molar refractivity (Wildman–Crippen MR) is 305 cm³/mol. The second kappa shape index (κ2) is 24.7. The number of ether oxygens (including phenoxy) is 3. The Morgan fingerprint density at radius 1 is 0.397 bits per heavy atom. The van der Waals surface area contributed by atoms with Crippen LogP contribution in [0.15, 0.2) is 48.5 Å². The van der Waals surface area contributed by atoms with Gasteiger partial charge in [0, 0.05) is 77.3 Å². The summed E-state index contributed by atoms with van der Waals surface area (Å²) in [5.41, 5.74) is -1.58. The Morgan fingerprint density at radius 2 is 0.692 bits per heavy atom. The zero-order valence-corrected chi connectivity index (χ0v) is 48.1. The fraction of sp³-hybridized carbons (Fsp3) is 0.562. The summed E-state index contributed by atoms with van der Waals surface area (Å²) in [5, 5.41) is 9.26.